The molecular formula is C24H28N4O2S. The number of benzene rings is 1. The molecule has 0 aliphatic heterocycles. The second-order valence-electron chi connectivity index (χ2n) is 7.99. The third-order valence-corrected chi connectivity index (χ3v) is 7.02. The van der Waals surface area contributed by atoms with Crippen molar-refractivity contribution in [1.29, 1.82) is 0 Å². The number of rotatable bonds is 7. The molecule has 0 radical (unpaired) electrons. The van der Waals surface area contributed by atoms with Gasteiger partial charge in [0.05, 0.1) is 5.69 Å². The Kier molecular flexibility index (Phi) is 7.04. The van der Waals surface area contributed by atoms with Crippen molar-refractivity contribution < 1.29 is 9.21 Å². The number of hydrogen-bond donors (Lipinski definition) is 2. The van der Waals surface area contributed by atoms with Crippen LogP contribution in [-0.2, 0) is 12.3 Å². The van der Waals surface area contributed by atoms with Crippen molar-refractivity contribution >= 4 is 17.7 Å². The van der Waals surface area contributed by atoms with E-state index in [9.17, 15) is 4.79 Å². The Morgan fingerprint density at radius 3 is 2.68 bits per heavy atom. The summed E-state index contributed by atoms with van der Waals surface area (Å²) in [6.07, 6.45) is 8.04. The van der Waals surface area contributed by atoms with Gasteiger partial charge < -0.3 is 15.5 Å². The van der Waals surface area contributed by atoms with Gasteiger partial charge in [0.2, 0.25) is 5.89 Å². The van der Waals surface area contributed by atoms with Gasteiger partial charge >= 0.3 is 0 Å². The van der Waals surface area contributed by atoms with Gasteiger partial charge in [0.1, 0.15) is 5.76 Å². The molecule has 0 saturated heterocycles. The molecule has 31 heavy (non-hydrogen) atoms. The normalized spacial score (nSPS) is 18.6. The SMILES string of the molecule is Cc1oc(-c2ccc(C(=O)NCc3cccnc3)cc2)nc1CSC1CCC(N)CC1. The molecule has 1 aliphatic rings. The second-order valence-corrected chi connectivity index (χ2v) is 9.28. The van der Waals surface area contributed by atoms with Crippen molar-refractivity contribution in [1.82, 2.24) is 15.3 Å². The predicted molar refractivity (Wildman–Crippen MR) is 124 cm³/mol. The van der Waals surface area contributed by atoms with Crippen LogP contribution in [0.2, 0.25) is 0 Å². The summed E-state index contributed by atoms with van der Waals surface area (Å²) in [7, 11) is 0. The lowest BCUT2D eigenvalue weighted by Gasteiger charge is -2.25. The lowest BCUT2D eigenvalue weighted by Crippen LogP contribution is -2.27. The highest BCUT2D eigenvalue weighted by molar-refractivity contribution is 7.99. The highest BCUT2D eigenvalue weighted by Gasteiger charge is 2.20. The van der Waals surface area contributed by atoms with Crippen molar-refractivity contribution in [3.8, 4) is 11.5 Å². The van der Waals surface area contributed by atoms with E-state index in [1.54, 1.807) is 24.5 Å². The Balaban J connectivity index is 1.34. The van der Waals surface area contributed by atoms with Crippen LogP contribution >= 0.6 is 11.8 Å². The molecule has 4 rings (SSSR count). The van der Waals surface area contributed by atoms with Crippen molar-refractivity contribution in [2.45, 2.75) is 56.2 Å². The van der Waals surface area contributed by atoms with E-state index in [0.717, 1.165) is 41.2 Å². The lowest BCUT2D eigenvalue weighted by atomic mass is 9.96. The van der Waals surface area contributed by atoms with Crippen LogP contribution in [0.25, 0.3) is 11.5 Å². The lowest BCUT2D eigenvalue weighted by molar-refractivity contribution is 0.0951. The zero-order chi connectivity index (χ0) is 21.6. The van der Waals surface area contributed by atoms with Gasteiger partial charge in [-0.15, -0.1) is 0 Å². The van der Waals surface area contributed by atoms with Crippen LogP contribution in [0.5, 0.6) is 0 Å². The Bertz CT molecular complexity index is 996. The minimum atomic E-state index is -0.122. The summed E-state index contributed by atoms with van der Waals surface area (Å²) in [4.78, 5) is 21.2. The molecule has 7 heteroatoms. The maximum absolute atomic E-state index is 12.4. The van der Waals surface area contributed by atoms with Crippen molar-refractivity contribution in [3.63, 3.8) is 0 Å². The highest BCUT2D eigenvalue weighted by atomic mass is 32.2. The molecule has 162 valence electrons. The molecule has 0 atom stereocenters. The fraction of sp³-hybridized carbons (Fsp3) is 0.375. The average molecular weight is 437 g/mol. The number of pyridine rings is 1. The standard InChI is InChI=1S/C24H28N4O2S/c1-16-22(15-31-21-10-8-20(25)9-11-21)28-24(30-16)19-6-4-18(5-7-19)23(29)27-14-17-3-2-12-26-13-17/h2-7,12-13,20-21H,8-11,14-15,25H2,1H3,(H,27,29). The van der Waals surface area contributed by atoms with E-state index >= 15 is 0 Å². The Hall–Kier alpha value is -2.64. The average Bonchev–Trinajstić information content (AvgIpc) is 3.18. The van der Waals surface area contributed by atoms with E-state index < -0.39 is 0 Å². The van der Waals surface area contributed by atoms with Gasteiger partial charge in [-0.3, -0.25) is 9.78 Å². The molecule has 1 fully saturated rings. The molecule has 0 spiro atoms. The molecule has 0 bridgehead atoms. The zero-order valence-electron chi connectivity index (χ0n) is 17.7. The summed E-state index contributed by atoms with van der Waals surface area (Å²) in [6, 6.07) is 11.5. The summed E-state index contributed by atoms with van der Waals surface area (Å²) < 4.78 is 5.91. The molecule has 2 heterocycles. The van der Waals surface area contributed by atoms with E-state index in [4.69, 9.17) is 15.1 Å². The number of amides is 1. The molecule has 0 unspecified atom stereocenters. The number of aromatic nitrogens is 2. The molecule has 1 aliphatic carbocycles. The maximum Gasteiger partial charge on any atom is 0.251 e. The Morgan fingerprint density at radius 2 is 1.97 bits per heavy atom. The summed E-state index contributed by atoms with van der Waals surface area (Å²) in [5.74, 6) is 2.18. The molecule has 1 amide bonds. The van der Waals surface area contributed by atoms with Gasteiger partial charge in [-0.1, -0.05) is 6.07 Å². The first kappa shape index (κ1) is 21.6. The zero-order valence-corrected chi connectivity index (χ0v) is 18.5. The minimum absolute atomic E-state index is 0.122. The molecule has 1 saturated carbocycles. The third-order valence-electron chi connectivity index (χ3n) is 5.64. The van der Waals surface area contributed by atoms with E-state index in [1.807, 2.05) is 43.0 Å². The van der Waals surface area contributed by atoms with Crippen LogP contribution < -0.4 is 11.1 Å². The summed E-state index contributed by atoms with van der Waals surface area (Å²) in [5, 5.41) is 3.57. The molecular weight excluding hydrogens is 408 g/mol. The van der Waals surface area contributed by atoms with Gasteiger partial charge in [-0.25, -0.2) is 4.98 Å². The van der Waals surface area contributed by atoms with Gasteiger partial charge in [-0.2, -0.15) is 11.8 Å². The van der Waals surface area contributed by atoms with Crippen molar-refractivity contribution in [3.05, 3.63) is 71.4 Å². The number of nitrogens with zero attached hydrogens (tertiary/aromatic N) is 2. The first-order valence-corrected chi connectivity index (χ1v) is 11.7. The number of carbonyl (C=O) groups excluding carboxylic acids is 1. The number of nitrogens with two attached hydrogens (primary N) is 1. The van der Waals surface area contributed by atoms with E-state index in [1.165, 1.54) is 12.8 Å². The van der Waals surface area contributed by atoms with Crippen LogP contribution in [0, 0.1) is 6.92 Å². The number of carbonyl (C=O) groups is 1. The number of aryl methyl sites for hydroxylation is 1. The Labute approximate surface area is 187 Å². The van der Waals surface area contributed by atoms with Crippen LogP contribution in [0.1, 0.15) is 53.1 Å². The van der Waals surface area contributed by atoms with Gasteiger partial charge in [-0.05, 0) is 68.5 Å². The largest absolute Gasteiger partial charge is 0.441 e. The molecule has 3 aromatic rings. The summed E-state index contributed by atoms with van der Waals surface area (Å²) >= 11 is 1.95. The topological polar surface area (TPSA) is 94.0 Å². The number of thioether (sulfide) groups is 1. The monoisotopic (exact) mass is 436 g/mol. The van der Waals surface area contributed by atoms with E-state index in [0.29, 0.717) is 29.3 Å². The Morgan fingerprint density at radius 1 is 1.19 bits per heavy atom. The molecule has 3 N–H and O–H groups in total. The van der Waals surface area contributed by atoms with E-state index in [-0.39, 0.29) is 5.91 Å². The summed E-state index contributed by atoms with van der Waals surface area (Å²) in [5.41, 5.74) is 9.43. The second kappa shape index (κ2) is 10.1. The first-order chi connectivity index (χ1) is 15.1. The smallest absolute Gasteiger partial charge is 0.251 e. The summed E-state index contributed by atoms with van der Waals surface area (Å²) in [6.45, 7) is 2.41. The quantitative estimate of drug-likeness (QED) is 0.567. The third kappa shape index (κ3) is 5.74. The number of oxazole rings is 1. The van der Waals surface area contributed by atoms with Crippen LogP contribution in [0.15, 0.2) is 53.2 Å². The van der Waals surface area contributed by atoms with Crippen LogP contribution in [0.3, 0.4) is 0 Å². The van der Waals surface area contributed by atoms with Gasteiger partial charge in [0, 0.05) is 47.1 Å². The molecule has 1 aromatic carbocycles. The van der Waals surface area contributed by atoms with E-state index in [2.05, 4.69) is 10.3 Å². The fourth-order valence-corrected chi connectivity index (χ4v) is 4.96. The fourth-order valence-electron chi connectivity index (χ4n) is 3.69. The van der Waals surface area contributed by atoms with Crippen molar-refractivity contribution in [2.24, 2.45) is 5.73 Å². The van der Waals surface area contributed by atoms with Crippen molar-refractivity contribution in [2.75, 3.05) is 0 Å². The molecule has 6 nitrogen and oxygen atoms in total. The number of hydrogen-bond acceptors (Lipinski definition) is 6. The minimum Gasteiger partial charge on any atom is -0.441 e. The van der Waals surface area contributed by atoms with Gasteiger partial charge in [0.25, 0.3) is 5.91 Å². The first-order valence-electron chi connectivity index (χ1n) is 10.7. The highest BCUT2D eigenvalue weighted by Crippen LogP contribution is 2.32. The molecule has 2 aromatic heterocycles. The maximum atomic E-state index is 12.4. The van der Waals surface area contributed by atoms with Crippen LogP contribution in [0.4, 0.5) is 0 Å². The van der Waals surface area contributed by atoms with Crippen LogP contribution in [-0.4, -0.2) is 27.2 Å². The van der Waals surface area contributed by atoms with Gasteiger partial charge in [0.15, 0.2) is 0 Å². The number of nitrogens with one attached hydrogen (secondary N) is 1. The predicted octanol–water partition coefficient (Wildman–Crippen LogP) is 4.48.